The zero-order chi connectivity index (χ0) is 22.8. The number of ketones is 1. The van der Waals surface area contributed by atoms with Gasteiger partial charge in [0.15, 0.2) is 6.61 Å². The third kappa shape index (κ3) is 5.79. The van der Waals surface area contributed by atoms with Crippen molar-refractivity contribution in [2.75, 3.05) is 6.61 Å². The second-order valence-electron chi connectivity index (χ2n) is 6.48. The Labute approximate surface area is 176 Å². The lowest BCUT2D eigenvalue weighted by molar-refractivity contribution is -0.139. The number of hydrogen-bond donors (Lipinski definition) is 2. The van der Waals surface area contributed by atoms with E-state index in [4.69, 9.17) is 15.6 Å². The van der Waals surface area contributed by atoms with Crippen LogP contribution in [0.3, 0.4) is 0 Å². The molecule has 1 amide bonds. The molecule has 30 heavy (non-hydrogen) atoms. The molecule has 0 aromatic carbocycles. The summed E-state index contributed by atoms with van der Waals surface area (Å²) in [5, 5.41) is 9.17. The molecule has 0 aliphatic carbocycles. The molecule has 8 nitrogen and oxygen atoms in total. The highest BCUT2D eigenvalue weighted by atomic mass is 16.5. The van der Waals surface area contributed by atoms with Gasteiger partial charge in [0.05, 0.1) is 16.5 Å². The van der Waals surface area contributed by atoms with E-state index >= 15 is 0 Å². The summed E-state index contributed by atoms with van der Waals surface area (Å²) in [7, 11) is 0. The number of nitrogens with two attached hydrogens (primary N) is 1. The summed E-state index contributed by atoms with van der Waals surface area (Å²) in [5.74, 6) is -3.13. The van der Waals surface area contributed by atoms with Crippen LogP contribution in [0.15, 0.2) is 36.6 Å². The van der Waals surface area contributed by atoms with Gasteiger partial charge in [0.2, 0.25) is 5.88 Å². The van der Waals surface area contributed by atoms with Crippen LogP contribution in [0.2, 0.25) is 0 Å². The second-order valence-corrected chi connectivity index (χ2v) is 6.48. The minimum Gasteiger partial charge on any atom is -0.479 e. The maximum absolute atomic E-state index is 12.5. The number of amides is 1. The molecule has 0 fully saturated rings. The number of hydrogen-bond acceptors (Lipinski definition) is 5. The van der Waals surface area contributed by atoms with Crippen molar-refractivity contribution in [1.29, 1.82) is 0 Å². The van der Waals surface area contributed by atoms with Crippen LogP contribution in [0.1, 0.15) is 50.2 Å². The third-order valence-corrected chi connectivity index (χ3v) is 4.36. The van der Waals surface area contributed by atoms with E-state index in [2.05, 4.69) is 18.5 Å². The highest BCUT2D eigenvalue weighted by Crippen LogP contribution is 2.33. The van der Waals surface area contributed by atoms with Crippen LogP contribution < -0.4 is 10.5 Å². The average molecular weight is 415 g/mol. The summed E-state index contributed by atoms with van der Waals surface area (Å²) in [5.41, 5.74) is 7.65. The standard InChI is InChI=1S/C18H21N3O5.C4H8/c1-4-10(3)8-21-11(5-2)14(16(24)17(19)25)15-12(21)6-7-20-18(15)26-9-13(22)23;1-3-4-2/h4,6-7H,5,8-9H2,1-3H3,(H2,19,25)(H,22,23);3H,1,4H2,2H3/b10-4+;. The number of carboxylic acids is 1. The Hall–Kier alpha value is -3.42. The average Bonchev–Trinajstić information content (AvgIpc) is 3.05. The number of ether oxygens (including phenoxy) is 1. The maximum atomic E-state index is 12.5. The van der Waals surface area contributed by atoms with Crippen molar-refractivity contribution < 1.29 is 24.2 Å². The van der Waals surface area contributed by atoms with Gasteiger partial charge in [-0.3, -0.25) is 9.59 Å². The van der Waals surface area contributed by atoms with E-state index in [1.165, 1.54) is 6.20 Å². The predicted molar refractivity (Wildman–Crippen MR) is 116 cm³/mol. The number of rotatable bonds is 9. The first kappa shape index (κ1) is 24.6. The number of aromatic nitrogens is 2. The molecule has 8 heteroatoms. The topological polar surface area (TPSA) is 125 Å². The molecule has 0 radical (unpaired) electrons. The fraction of sp³-hybridized carbons (Fsp3) is 0.364. The molecule has 0 spiro atoms. The molecule has 0 atom stereocenters. The van der Waals surface area contributed by atoms with Crippen molar-refractivity contribution in [3.63, 3.8) is 0 Å². The fourth-order valence-corrected chi connectivity index (χ4v) is 2.81. The molecule has 3 N–H and O–H groups in total. The predicted octanol–water partition coefficient (Wildman–Crippen LogP) is 3.28. The number of allylic oxidation sites excluding steroid dienone is 3. The first-order valence-corrected chi connectivity index (χ1v) is 9.64. The van der Waals surface area contributed by atoms with Crippen LogP contribution >= 0.6 is 0 Å². The van der Waals surface area contributed by atoms with Crippen LogP contribution in [-0.2, 0) is 22.6 Å². The first-order chi connectivity index (χ1) is 14.2. The number of aliphatic carboxylic acids is 1. The molecule has 2 aromatic rings. The number of primary amides is 1. The molecule has 0 aliphatic heterocycles. The maximum Gasteiger partial charge on any atom is 0.341 e. The van der Waals surface area contributed by atoms with E-state index in [9.17, 15) is 14.4 Å². The summed E-state index contributed by atoms with van der Waals surface area (Å²) in [6.07, 6.45) is 6.85. The van der Waals surface area contributed by atoms with Crippen LogP contribution in [0.25, 0.3) is 10.9 Å². The van der Waals surface area contributed by atoms with Gasteiger partial charge in [0.1, 0.15) is 0 Å². The smallest absolute Gasteiger partial charge is 0.341 e. The third-order valence-electron chi connectivity index (χ3n) is 4.36. The zero-order valence-electron chi connectivity index (χ0n) is 17.9. The Morgan fingerprint density at radius 1 is 1.33 bits per heavy atom. The van der Waals surface area contributed by atoms with Crippen LogP contribution in [0.5, 0.6) is 5.88 Å². The minimum absolute atomic E-state index is 0.0129. The minimum atomic E-state index is -1.17. The summed E-state index contributed by atoms with van der Waals surface area (Å²) < 4.78 is 7.15. The van der Waals surface area contributed by atoms with Gasteiger partial charge in [-0.1, -0.05) is 31.6 Å². The van der Waals surface area contributed by atoms with Gasteiger partial charge >= 0.3 is 5.97 Å². The van der Waals surface area contributed by atoms with Crippen molar-refractivity contribution >= 4 is 28.6 Å². The van der Waals surface area contributed by atoms with Crippen LogP contribution in [-0.4, -0.2) is 38.9 Å². The van der Waals surface area contributed by atoms with Crippen molar-refractivity contribution in [2.45, 2.75) is 47.1 Å². The molecule has 2 aromatic heterocycles. The van der Waals surface area contributed by atoms with Crippen molar-refractivity contribution in [3.8, 4) is 5.88 Å². The van der Waals surface area contributed by atoms with Gasteiger partial charge in [0.25, 0.3) is 11.7 Å². The van der Waals surface area contributed by atoms with Gasteiger partial charge in [-0.05, 0) is 32.8 Å². The number of carbonyl (C=O) groups excluding carboxylic acids is 2. The number of carboxylic acid groups (broad SMARTS) is 1. The molecule has 2 heterocycles. The van der Waals surface area contributed by atoms with Gasteiger partial charge < -0.3 is 20.1 Å². The van der Waals surface area contributed by atoms with Gasteiger partial charge in [-0.2, -0.15) is 0 Å². The Bertz CT molecular complexity index is 973. The van der Waals surface area contributed by atoms with E-state index in [1.54, 1.807) is 6.07 Å². The molecular weight excluding hydrogens is 386 g/mol. The number of fused-ring (bicyclic) bond motifs is 1. The van der Waals surface area contributed by atoms with Crippen molar-refractivity contribution in [2.24, 2.45) is 5.73 Å². The lowest BCUT2D eigenvalue weighted by atomic mass is 10.1. The molecule has 0 saturated carbocycles. The van der Waals surface area contributed by atoms with Gasteiger partial charge in [-0.15, -0.1) is 6.58 Å². The normalized spacial score (nSPS) is 10.9. The summed E-state index contributed by atoms with van der Waals surface area (Å²) in [4.78, 5) is 39.0. The van der Waals surface area contributed by atoms with Crippen molar-refractivity contribution in [1.82, 2.24) is 9.55 Å². The second kappa shape index (κ2) is 11.5. The monoisotopic (exact) mass is 415 g/mol. The van der Waals surface area contributed by atoms with E-state index in [-0.39, 0.29) is 11.4 Å². The summed E-state index contributed by atoms with van der Waals surface area (Å²) >= 11 is 0. The number of nitrogens with zero attached hydrogens (tertiary/aromatic N) is 2. The van der Waals surface area contributed by atoms with Crippen molar-refractivity contribution in [3.05, 3.63) is 47.8 Å². The van der Waals surface area contributed by atoms with E-state index < -0.39 is 24.3 Å². The Kier molecular flexibility index (Phi) is 9.48. The fourth-order valence-electron chi connectivity index (χ4n) is 2.81. The van der Waals surface area contributed by atoms with E-state index in [0.29, 0.717) is 29.6 Å². The Morgan fingerprint density at radius 2 is 1.97 bits per heavy atom. The molecule has 162 valence electrons. The number of pyridine rings is 1. The highest BCUT2D eigenvalue weighted by molar-refractivity contribution is 6.45. The van der Waals surface area contributed by atoms with Crippen LogP contribution in [0, 0.1) is 0 Å². The molecule has 0 saturated heterocycles. The Morgan fingerprint density at radius 3 is 2.43 bits per heavy atom. The quantitative estimate of drug-likeness (QED) is 0.368. The molecule has 2 rings (SSSR count). The molecule has 0 bridgehead atoms. The lowest BCUT2D eigenvalue weighted by Gasteiger charge is -2.10. The molecule has 0 unspecified atom stereocenters. The van der Waals surface area contributed by atoms with Gasteiger partial charge in [-0.25, -0.2) is 9.78 Å². The number of carbonyl (C=O) groups is 3. The Balaban J connectivity index is 0.00000103. The number of Topliss-reactive ketones (excluding diaryl/α,β-unsaturated/α-hetero) is 1. The summed E-state index contributed by atoms with van der Waals surface area (Å²) in [6, 6.07) is 1.70. The zero-order valence-corrected chi connectivity index (χ0v) is 17.9. The van der Waals surface area contributed by atoms with Gasteiger partial charge in [0, 0.05) is 18.4 Å². The van der Waals surface area contributed by atoms with Crippen LogP contribution in [0.4, 0.5) is 0 Å². The molecular formula is C22H29N3O5. The highest BCUT2D eigenvalue weighted by Gasteiger charge is 2.28. The lowest BCUT2D eigenvalue weighted by Crippen LogP contribution is -2.24. The van der Waals surface area contributed by atoms with E-state index in [0.717, 1.165) is 12.0 Å². The SMILES string of the molecule is C/C=C(\C)Cn1c(CC)c(C(=O)C(N)=O)c2c(OCC(=O)O)nccc21.C=CCC. The first-order valence-electron chi connectivity index (χ1n) is 9.64. The van der Waals surface area contributed by atoms with E-state index in [1.807, 2.05) is 37.5 Å². The molecule has 0 aliphatic rings. The summed E-state index contributed by atoms with van der Waals surface area (Å²) in [6.45, 7) is 11.1. The largest absolute Gasteiger partial charge is 0.479 e.